The smallest absolute Gasteiger partial charge is 0.404 e. The van der Waals surface area contributed by atoms with Crippen LogP contribution in [0.25, 0.3) is 0 Å². The lowest BCUT2D eigenvalue weighted by molar-refractivity contribution is -0.274. The molecule has 1 N–H and O–H groups in total. The molecule has 0 fully saturated rings. The summed E-state index contributed by atoms with van der Waals surface area (Å²) in [4.78, 5) is 11.8. The Kier molecular flexibility index (Phi) is 5.20. The molecule has 0 aliphatic heterocycles. The van der Waals surface area contributed by atoms with Gasteiger partial charge in [0.1, 0.15) is 5.82 Å². The number of alkyl halides is 3. The number of benzene rings is 2. The predicted octanol–water partition coefficient (Wildman–Crippen LogP) is 4.30. The number of para-hydroxylation sites is 2. The van der Waals surface area contributed by atoms with Gasteiger partial charge in [-0.2, -0.15) is 0 Å². The molecule has 0 heterocycles. The molecule has 0 aliphatic carbocycles. The Hall–Kier alpha value is -2.57. The molecule has 0 aliphatic rings. The number of hydrogen-bond acceptors (Lipinski definition) is 2. The van der Waals surface area contributed by atoms with E-state index in [0.29, 0.717) is 5.56 Å². The van der Waals surface area contributed by atoms with Gasteiger partial charge < -0.3 is 10.1 Å². The third-order valence-electron chi connectivity index (χ3n) is 2.97. The highest BCUT2D eigenvalue weighted by molar-refractivity contribution is 5.92. The summed E-state index contributed by atoms with van der Waals surface area (Å²) >= 11 is 0. The number of carbonyl (C=O) groups is 1. The van der Waals surface area contributed by atoms with Gasteiger partial charge in [0, 0.05) is 6.42 Å². The average molecular weight is 327 g/mol. The monoisotopic (exact) mass is 327 g/mol. The van der Waals surface area contributed by atoms with Gasteiger partial charge in [0.2, 0.25) is 5.91 Å². The molecule has 1 amide bonds. The number of carbonyl (C=O) groups excluding carboxylic acids is 1. The maximum absolute atomic E-state index is 13.4. The molecular weight excluding hydrogens is 314 g/mol. The van der Waals surface area contributed by atoms with Crippen LogP contribution in [0.4, 0.5) is 23.2 Å². The number of amides is 1. The van der Waals surface area contributed by atoms with Crippen LogP contribution in [0.2, 0.25) is 0 Å². The molecule has 0 atom stereocenters. The molecule has 0 saturated carbocycles. The number of ether oxygens (including phenoxy) is 1. The molecule has 2 aromatic rings. The number of hydrogen-bond donors (Lipinski definition) is 1. The topological polar surface area (TPSA) is 38.3 Å². The standard InChI is InChI=1S/C16H13F4NO2/c17-12-6-2-1-5-11(12)9-10-15(22)21-13-7-3-4-8-14(13)23-16(18,19)20/h1-8H,9-10H2,(H,21,22). The van der Waals surface area contributed by atoms with Gasteiger partial charge in [0.05, 0.1) is 5.69 Å². The van der Waals surface area contributed by atoms with Crippen molar-refractivity contribution in [3.05, 3.63) is 59.9 Å². The Morgan fingerprint density at radius 2 is 1.70 bits per heavy atom. The molecule has 2 aromatic carbocycles. The van der Waals surface area contributed by atoms with E-state index < -0.39 is 23.8 Å². The van der Waals surface area contributed by atoms with E-state index in [1.807, 2.05) is 0 Å². The van der Waals surface area contributed by atoms with Crippen LogP contribution in [-0.4, -0.2) is 12.3 Å². The molecule has 2 rings (SSSR count). The van der Waals surface area contributed by atoms with E-state index in [0.717, 1.165) is 6.07 Å². The van der Waals surface area contributed by atoms with Crippen molar-refractivity contribution in [2.75, 3.05) is 5.32 Å². The van der Waals surface area contributed by atoms with Gasteiger partial charge in [-0.05, 0) is 30.2 Å². The Morgan fingerprint density at radius 3 is 2.39 bits per heavy atom. The first-order chi connectivity index (χ1) is 10.8. The Morgan fingerprint density at radius 1 is 1.04 bits per heavy atom. The number of aryl methyl sites for hydroxylation is 1. The number of rotatable bonds is 5. The SMILES string of the molecule is O=C(CCc1ccccc1F)Nc1ccccc1OC(F)(F)F. The van der Waals surface area contributed by atoms with E-state index in [1.165, 1.54) is 30.3 Å². The fourth-order valence-corrected chi connectivity index (χ4v) is 1.95. The Labute approximate surface area is 129 Å². The minimum Gasteiger partial charge on any atom is -0.404 e. The van der Waals surface area contributed by atoms with Crippen molar-refractivity contribution in [3.63, 3.8) is 0 Å². The minimum absolute atomic E-state index is 0.0682. The molecule has 0 spiro atoms. The van der Waals surface area contributed by atoms with E-state index in [2.05, 4.69) is 10.1 Å². The molecule has 3 nitrogen and oxygen atoms in total. The molecule has 0 unspecified atom stereocenters. The van der Waals surface area contributed by atoms with Crippen LogP contribution < -0.4 is 10.1 Å². The van der Waals surface area contributed by atoms with E-state index >= 15 is 0 Å². The van der Waals surface area contributed by atoms with Crippen molar-refractivity contribution < 1.29 is 27.1 Å². The van der Waals surface area contributed by atoms with Gasteiger partial charge in [0.15, 0.2) is 5.75 Å². The maximum Gasteiger partial charge on any atom is 0.573 e. The molecule has 0 radical (unpaired) electrons. The molecule has 122 valence electrons. The molecule has 23 heavy (non-hydrogen) atoms. The van der Waals surface area contributed by atoms with Crippen molar-refractivity contribution in [2.45, 2.75) is 19.2 Å². The summed E-state index contributed by atoms with van der Waals surface area (Å²) in [5, 5.41) is 2.34. The maximum atomic E-state index is 13.4. The highest BCUT2D eigenvalue weighted by atomic mass is 19.4. The summed E-state index contributed by atoms with van der Waals surface area (Å²) in [7, 11) is 0. The van der Waals surface area contributed by atoms with Crippen LogP contribution in [0, 0.1) is 5.82 Å². The third-order valence-corrected chi connectivity index (χ3v) is 2.97. The zero-order valence-corrected chi connectivity index (χ0v) is 11.9. The third kappa shape index (κ3) is 5.28. The normalized spacial score (nSPS) is 11.1. The summed E-state index contributed by atoms with van der Waals surface area (Å²) in [6.07, 6.45) is -4.78. The van der Waals surface area contributed by atoms with Gasteiger partial charge >= 0.3 is 6.36 Å². The largest absolute Gasteiger partial charge is 0.573 e. The van der Waals surface area contributed by atoms with Crippen LogP contribution in [0.3, 0.4) is 0 Å². The van der Waals surface area contributed by atoms with Gasteiger partial charge in [0.25, 0.3) is 0 Å². The van der Waals surface area contributed by atoms with Gasteiger partial charge in [-0.15, -0.1) is 13.2 Å². The van der Waals surface area contributed by atoms with Crippen LogP contribution in [0.15, 0.2) is 48.5 Å². The fraction of sp³-hybridized carbons (Fsp3) is 0.188. The van der Waals surface area contributed by atoms with Crippen molar-refractivity contribution >= 4 is 11.6 Å². The number of anilines is 1. The Bertz CT molecular complexity index is 686. The first-order valence-electron chi connectivity index (χ1n) is 6.73. The second kappa shape index (κ2) is 7.13. The molecule has 0 aromatic heterocycles. The predicted molar refractivity (Wildman–Crippen MR) is 76.5 cm³/mol. The lowest BCUT2D eigenvalue weighted by atomic mass is 10.1. The molecule has 7 heteroatoms. The summed E-state index contributed by atoms with van der Waals surface area (Å²) in [6, 6.07) is 11.2. The summed E-state index contributed by atoms with van der Waals surface area (Å²) in [5.74, 6) is -1.47. The summed E-state index contributed by atoms with van der Waals surface area (Å²) in [6.45, 7) is 0. The lowest BCUT2D eigenvalue weighted by Gasteiger charge is -2.13. The Balaban J connectivity index is 1.99. The van der Waals surface area contributed by atoms with Crippen LogP contribution in [0.1, 0.15) is 12.0 Å². The second-order valence-corrected chi connectivity index (χ2v) is 4.68. The zero-order valence-electron chi connectivity index (χ0n) is 11.9. The van der Waals surface area contributed by atoms with Gasteiger partial charge in [-0.25, -0.2) is 4.39 Å². The highest BCUT2D eigenvalue weighted by Gasteiger charge is 2.32. The molecule has 0 bridgehead atoms. The number of nitrogens with one attached hydrogen (secondary N) is 1. The van der Waals surface area contributed by atoms with Crippen LogP contribution in [0.5, 0.6) is 5.75 Å². The quantitative estimate of drug-likeness (QED) is 0.832. The van der Waals surface area contributed by atoms with E-state index in [-0.39, 0.29) is 18.5 Å². The lowest BCUT2D eigenvalue weighted by Crippen LogP contribution is -2.19. The number of halogens is 4. The van der Waals surface area contributed by atoms with Crippen LogP contribution in [-0.2, 0) is 11.2 Å². The summed E-state index contributed by atoms with van der Waals surface area (Å²) in [5.41, 5.74) is 0.269. The van der Waals surface area contributed by atoms with E-state index in [1.54, 1.807) is 12.1 Å². The first kappa shape index (κ1) is 16.8. The van der Waals surface area contributed by atoms with E-state index in [9.17, 15) is 22.4 Å². The fourth-order valence-electron chi connectivity index (χ4n) is 1.95. The van der Waals surface area contributed by atoms with Crippen LogP contribution >= 0.6 is 0 Å². The van der Waals surface area contributed by atoms with E-state index in [4.69, 9.17) is 0 Å². The van der Waals surface area contributed by atoms with Gasteiger partial charge in [-0.1, -0.05) is 30.3 Å². The molecular formula is C16H13F4NO2. The van der Waals surface area contributed by atoms with Gasteiger partial charge in [-0.3, -0.25) is 4.79 Å². The van der Waals surface area contributed by atoms with Crippen molar-refractivity contribution in [3.8, 4) is 5.75 Å². The average Bonchev–Trinajstić information content (AvgIpc) is 2.47. The van der Waals surface area contributed by atoms with Crippen molar-refractivity contribution in [2.24, 2.45) is 0 Å². The summed E-state index contributed by atoms with van der Waals surface area (Å²) < 4.78 is 54.2. The van der Waals surface area contributed by atoms with Crippen molar-refractivity contribution in [1.82, 2.24) is 0 Å². The minimum atomic E-state index is -4.85. The molecule has 0 saturated heterocycles. The second-order valence-electron chi connectivity index (χ2n) is 4.68. The first-order valence-corrected chi connectivity index (χ1v) is 6.73. The zero-order chi connectivity index (χ0) is 16.9. The highest BCUT2D eigenvalue weighted by Crippen LogP contribution is 2.30. The van der Waals surface area contributed by atoms with Crippen molar-refractivity contribution in [1.29, 1.82) is 0 Å².